The van der Waals surface area contributed by atoms with Crippen molar-refractivity contribution in [2.75, 3.05) is 30.5 Å². The normalized spacial score (nSPS) is 22.6. The second-order valence-corrected chi connectivity index (χ2v) is 5.13. The number of anilines is 2. The molecule has 1 heterocycles. The molecule has 1 aromatic carbocycles. The lowest BCUT2D eigenvalue weighted by Gasteiger charge is -2.37. The Kier molecular flexibility index (Phi) is 4.41. The number of rotatable bonds is 4. The van der Waals surface area contributed by atoms with Gasteiger partial charge in [0.05, 0.1) is 16.7 Å². The predicted octanol–water partition coefficient (Wildman–Crippen LogP) is 1.74. The van der Waals surface area contributed by atoms with E-state index in [1.54, 1.807) is 13.2 Å². The van der Waals surface area contributed by atoms with Crippen LogP contribution >= 0.6 is 0 Å². The molecule has 0 radical (unpaired) electrons. The van der Waals surface area contributed by atoms with Crippen LogP contribution in [0.1, 0.15) is 13.3 Å². The summed E-state index contributed by atoms with van der Waals surface area (Å²) in [6.45, 7) is 3.74. The average molecular weight is 280 g/mol. The summed E-state index contributed by atoms with van der Waals surface area (Å²) in [5.41, 5.74) is 3.83. The van der Waals surface area contributed by atoms with E-state index in [9.17, 15) is 10.1 Å². The Morgan fingerprint density at radius 3 is 2.85 bits per heavy atom. The molecule has 20 heavy (non-hydrogen) atoms. The summed E-state index contributed by atoms with van der Waals surface area (Å²) in [6.07, 6.45) is 1.13. The molecule has 1 aliphatic rings. The van der Waals surface area contributed by atoms with Crippen LogP contribution in [0.2, 0.25) is 0 Å². The first kappa shape index (κ1) is 14.5. The van der Waals surface area contributed by atoms with E-state index in [1.807, 2.05) is 6.07 Å². The van der Waals surface area contributed by atoms with Gasteiger partial charge in [-0.15, -0.1) is 0 Å². The second kappa shape index (κ2) is 6.06. The molecule has 7 nitrogen and oxygen atoms in total. The van der Waals surface area contributed by atoms with Gasteiger partial charge in [-0.1, -0.05) is 6.92 Å². The quantitative estimate of drug-likeness (QED) is 0.495. The molecule has 3 N–H and O–H groups in total. The van der Waals surface area contributed by atoms with Crippen LogP contribution < -0.4 is 16.2 Å². The van der Waals surface area contributed by atoms with Crippen molar-refractivity contribution in [3.05, 3.63) is 28.3 Å². The summed E-state index contributed by atoms with van der Waals surface area (Å²) in [6, 6.07) is 4.81. The van der Waals surface area contributed by atoms with Gasteiger partial charge in [0.25, 0.3) is 5.69 Å². The number of ether oxygens (including phenoxy) is 1. The number of nitrogens with two attached hydrogens (primary N) is 1. The molecule has 0 saturated carbocycles. The van der Waals surface area contributed by atoms with Crippen LogP contribution in [-0.4, -0.2) is 31.2 Å². The number of non-ortho nitro benzene ring substituents is 1. The Labute approximate surface area is 117 Å². The summed E-state index contributed by atoms with van der Waals surface area (Å²) >= 11 is 0. The third-order valence-electron chi connectivity index (χ3n) is 3.84. The number of nitrogens with zero attached hydrogens (tertiary/aromatic N) is 2. The van der Waals surface area contributed by atoms with Gasteiger partial charge in [-0.2, -0.15) is 0 Å². The van der Waals surface area contributed by atoms with Crippen molar-refractivity contribution in [3.8, 4) is 0 Å². The highest BCUT2D eigenvalue weighted by Crippen LogP contribution is 2.30. The zero-order valence-corrected chi connectivity index (χ0v) is 11.7. The van der Waals surface area contributed by atoms with Crippen LogP contribution in [0, 0.1) is 16.0 Å². The minimum absolute atomic E-state index is 0.0306. The highest BCUT2D eigenvalue weighted by Gasteiger charge is 2.27. The summed E-state index contributed by atoms with van der Waals surface area (Å²) in [5.74, 6) is 5.87. The van der Waals surface area contributed by atoms with Crippen LogP contribution in [0.15, 0.2) is 18.2 Å². The Bertz CT molecular complexity index is 495. The number of hydrazine groups is 1. The molecule has 0 amide bonds. The van der Waals surface area contributed by atoms with Crippen molar-refractivity contribution in [2.24, 2.45) is 11.8 Å². The molecule has 2 rings (SSSR count). The van der Waals surface area contributed by atoms with E-state index in [1.165, 1.54) is 6.07 Å². The molecule has 2 atom stereocenters. The van der Waals surface area contributed by atoms with E-state index in [-0.39, 0.29) is 11.8 Å². The first-order valence-corrected chi connectivity index (χ1v) is 6.59. The summed E-state index contributed by atoms with van der Waals surface area (Å²) < 4.78 is 5.47. The third kappa shape index (κ3) is 3.00. The fourth-order valence-electron chi connectivity index (χ4n) is 2.54. The lowest BCUT2D eigenvalue weighted by atomic mass is 9.95. The van der Waals surface area contributed by atoms with Gasteiger partial charge in [-0.05, 0) is 18.4 Å². The van der Waals surface area contributed by atoms with Gasteiger partial charge in [0.1, 0.15) is 0 Å². The van der Waals surface area contributed by atoms with Crippen molar-refractivity contribution in [2.45, 2.75) is 19.4 Å². The molecule has 0 aromatic heterocycles. The number of nitro groups is 1. The highest BCUT2D eigenvalue weighted by atomic mass is 16.6. The van der Waals surface area contributed by atoms with Gasteiger partial charge < -0.3 is 15.1 Å². The van der Waals surface area contributed by atoms with Gasteiger partial charge in [-0.3, -0.25) is 16.0 Å². The summed E-state index contributed by atoms with van der Waals surface area (Å²) in [7, 11) is 1.70. The topological polar surface area (TPSA) is 93.7 Å². The summed E-state index contributed by atoms with van der Waals surface area (Å²) in [4.78, 5) is 12.7. The maximum absolute atomic E-state index is 11.0. The number of nitro benzene ring substituents is 1. The van der Waals surface area contributed by atoms with Gasteiger partial charge in [0, 0.05) is 38.0 Å². The summed E-state index contributed by atoms with van der Waals surface area (Å²) in [5, 5.41) is 11.0. The molecular formula is C13H20N4O3. The van der Waals surface area contributed by atoms with E-state index in [4.69, 9.17) is 10.6 Å². The fraction of sp³-hybridized carbons (Fsp3) is 0.538. The Morgan fingerprint density at radius 2 is 2.25 bits per heavy atom. The molecule has 1 fully saturated rings. The Morgan fingerprint density at radius 1 is 1.50 bits per heavy atom. The van der Waals surface area contributed by atoms with Gasteiger partial charge in [-0.25, -0.2) is 0 Å². The molecule has 0 spiro atoms. The number of methoxy groups -OCH3 is 1. The number of piperidine rings is 1. The largest absolute Gasteiger partial charge is 0.379 e. The first-order valence-electron chi connectivity index (χ1n) is 6.59. The minimum Gasteiger partial charge on any atom is -0.379 e. The number of benzene rings is 1. The van der Waals surface area contributed by atoms with E-state index >= 15 is 0 Å². The highest BCUT2D eigenvalue weighted by molar-refractivity contribution is 5.64. The molecule has 7 heteroatoms. The fourth-order valence-corrected chi connectivity index (χ4v) is 2.54. The smallest absolute Gasteiger partial charge is 0.273 e. The van der Waals surface area contributed by atoms with E-state index in [2.05, 4.69) is 17.2 Å². The molecule has 1 aromatic rings. The molecule has 0 aliphatic carbocycles. The molecule has 110 valence electrons. The van der Waals surface area contributed by atoms with Gasteiger partial charge in [0.2, 0.25) is 0 Å². The molecule has 1 saturated heterocycles. The molecule has 1 aliphatic heterocycles. The van der Waals surface area contributed by atoms with Crippen molar-refractivity contribution in [3.63, 3.8) is 0 Å². The van der Waals surface area contributed by atoms with E-state index < -0.39 is 4.92 Å². The predicted molar refractivity (Wildman–Crippen MR) is 77.7 cm³/mol. The SMILES string of the molecule is COC1CN(c2cc(NN)cc([N+](=O)[O-])c2)CCC1C. The lowest BCUT2D eigenvalue weighted by molar-refractivity contribution is -0.384. The van der Waals surface area contributed by atoms with Gasteiger partial charge >= 0.3 is 0 Å². The third-order valence-corrected chi connectivity index (χ3v) is 3.84. The monoisotopic (exact) mass is 280 g/mol. The maximum Gasteiger partial charge on any atom is 0.273 e. The Balaban J connectivity index is 2.27. The van der Waals surface area contributed by atoms with Crippen LogP contribution in [0.4, 0.5) is 17.1 Å². The van der Waals surface area contributed by atoms with Crippen LogP contribution in [0.3, 0.4) is 0 Å². The minimum atomic E-state index is -0.412. The van der Waals surface area contributed by atoms with Crippen LogP contribution in [0.5, 0.6) is 0 Å². The van der Waals surface area contributed by atoms with Crippen LogP contribution in [0.25, 0.3) is 0 Å². The van der Waals surface area contributed by atoms with Crippen molar-refractivity contribution in [1.29, 1.82) is 0 Å². The van der Waals surface area contributed by atoms with Crippen molar-refractivity contribution in [1.82, 2.24) is 0 Å². The average Bonchev–Trinajstić information content (AvgIpc) is 2.47. The molecule has 2 unspecified atom stereocenters. The van der Waals surface area contributed by atoms with E-state index in [0.717, 1.165) is 25.2 Å². The number of nitrogens with one attached hydrogen (secondary N) is 1. The zero-order valence-electron chi connectivity index (χ0n) is 11.7. The number of nitrogen functional groups attached to an aromatic ring is 1. The second-order valence-electron chi connectivity index (χ2n) is 5.13. The molecular weight excluding hydrogens is 260 g/mol. The van der Waals surface area contributed by atoms with Gasteiger partial charge in [0.15, 0.2) is 0 Å². The van der Waals surface area contributed by atoms with E-state index in [0.29, 0.717) is 11.6 Å². The number of hydrogen-bond acceptors (Lipinski definition) is 6. The first-order chi connectivity index (χ1) is 9.55. The zero-order chi connectivity index (χ0) is 14.7. The maximum atomic E-state index is 11.0. The standard InChI is InChI=1S/C13H20N4O3/c1-9-3-4-16(8-13(9)20-2)11-5-10(15-14)6-12(7-11)17(18)19/h5-7,9,13,15H,3-4,8,14H2,1-2H3. The Hall–Kier alpha value is -1.86. The molecule has 0 bridgehead atoms. The van der Waals surface area contributed by atoms with Crippen LogP contribution in [-0.2, 0) is 4.74 Å². The number of hydrogen-bond donors (Lipinski definition) is 2. The lowest BCUT2D eigenvalue weighted by Crippen LogP contribution is -2.44. The van der Waals surface area contributed by atoms with Crippen molar-refractivity contribution < 1.29 is 9.66 Å². The van der Waals surface area contributed by atoms with Crippen molar-refractivity contribution >= 4 is 17.1 Å².